The molecule has 3 rings (SSSR count). The van der Waals surface area contributed by atoms with Gasteiger partial charge in [0.2, 0.25) is 0 Å². The standard InChI is InChI=1S/C21H16F3N5O3/c22-21(23,24)15-7-4-8-16(11-15)29(28-12-14-5-2-1-3-6-14)17(30)13-32-20(31)18-19(25)27-10-9-26-18/h1-12H,13H2,(H2,25,27)/b28-12+. The Labute approximate surface area is 180 Å². The van der Waals surface area contributed by atoms with Crippen molar-refractivity contribution in [1.29, 1.82) is 0 Å². The minimum Gasteiger partial charge on any atom is -0.451 e. The summed E-state index contributed by atoms with van der Waals surface area (Å²) in [6.45, 7) is -0.822. The van der Waals surface area contributed by atoms with Crippen LogP contribution < -0.4 is 10.7 Å². The quantitative estimate of drug-likeness (QED) is 0.356. The number of halogens is 3. The van der Waals surface area contributed by atoms with Gasteiger partial charge in [-0.2, -0.15) is 23.3 Å². The lowest BCUT2D eigenvalue weighted by Crippen LogP contribution is -2.31. The lowest BCUT2D eigenvalue weighted by Gasteiger charge is -2.18. The van der Waals surface area contributed by atoms with Crippen molar-refractivity contribution in [2.75, 3.05) is 17.3 Å². The van der Waals surface area contributed by atoms with Gasteiger partial charge in [-0.3, -0.25) is 4.79 Å². The summed E-state index contributed by atoms with van der Waals surface area (Å²) in [5.41, 5.74) is 4.73. The van der Waals surface area contributed by atoms with Gasteiger partial charge in [-0.05, 0) is 23.8 Å². The van der Waals surface area contributed by atoms with Gasteiger partial charge in [-0.1, -0.05) is 36.4 Å². The highest BCUT2D eigenvalue weighted by Gasteiger charge is 2.31. The Balaban J connectivity index is 1.85. The summed E-state index contributed by atoms with van der Waals surface area (Å²) in [7, 11) is 0. The normalized spacial score (nSPS) is 11.3. The smallest absolute Gasteiger partial charge is 0.416 e. The maximum absolute atomic E-state index is 13.1. The Bertz CT molecular complexity index is 1140. The van der Waals surface area contributed by atoms with Crippen molar-refractivity contribution in [3.63, 3.8) is 0 Å². The summed E-state index contributed by atoms with van der Waals surface area (Å²) in [6, 6.07) is 12.7. The molecule has 0 saturated carbocycles. The first-order chi connectivity index (χ1) is 15.3. The second kappa shape index (κ2) is 9.69. The second-order valence-corrected chi connectivity index (χ2v) is 6.28. The Kier molecular flexibility index (Phi) is 6.78. The predicted molar refractivity (Wildman–Crippen MR) is 110 cm³/mol. The summed E-state index contributed by atoms with van der Waals surface area (Å²) in [5, 5.41) is 4.72. The van der Waals surface area contributed by atoms with Crippen LogP contribution in [0.2, 0.25) is 0 Å². The third-order valence-corrected chi connectivity index (χ3v) is 4.02. The molecule has 0 bridgehead atoms. The van der Waals surface area contributed by atoms with E-state index in [1.807, 2.05) is 0 Å². The van der Waals surface area contributed by atoms with Crippen LogP contribution in [0.25, 0.3) is 0 Å². The van der Waals surface area contributed by atoms with E-state index in [1.54, 1.807) is 30.3 Å². The number of anilines is 2. The molecule has 0 radical (unpaired) electrons. The molecular weight excluding hydrogens is 427 g/mol. The third-order valence-electron chi connectivity index (χ3n) is 4.02. The number of esters is 1. The van der Waals surface area contributed by atoms with Gasteiger partial charge in [0.25, 0.3) is 5.91 Å². The van der Waals surface area contributed by atoms with Gasteiger partial charge in [-0.25, -0.2) is 14.8 Å². The molecule has 11 heteroatoms. The number of hydrazone groups is 1. The van der Waals surface area contributed by atoms with Crippen molar-refractivity contribution in [2.45, 2.75) is 6.18 Å². The predicted octanol–water partition coefficient (Wildman–Crippen LogP) is 3.30. The summed E-state index contributed by atoms with van der Waals surface area (Å²) in [5.74, 6) is -2.10. The number of rotatable bonds is 6. The molecule has 1 aromatic heterocycles. The van der Waals surface area contributed by atoms with Gasteiger partial charge in [0, 0.05) is 12.4 Å². The molecule has 0 atom stereocenters. The van der Waals surface area contributed by atoms with Gasteiger partial charge in [0.15, 0.2) is 18.1 Å². The number of nitrogens with two attached hydrogens (primary N) is 1. The van der Waals surface area contributed by atoms with Gasteiger partial charge in [-0.15, -0.1) is 0 Å². The van der Waals surface area contributed by atoms with Gasteiger partial charge >= 0.3 is 12.1 Å². The molecule has 0 aliphatic rings. The van der Waals surface area contributed by atoms with Crippen molar-refractivity contribution in [1.82, 2.24) is 9.97 Å². The Hall–Kier alpha value is -4.28. The van der Waals surface area contributed by atoms with E-state index in [4.69, 9.17) is 10.5 Å². The number of benzene rings is 2. The summed E-state index contributed by atoms with van der Waals surface area (Å²) < 4.78 is 44.3. The van der Waals surface area contributed by atoms with E-state index in [1.165, 1.54) is 24.7 Å². The van der Waals surface area contributed by atoms with E-state index in [2.05, 4.69) is 15.1 Å². The van der Waals surface area contributed by atoms with Crippen LogP contribution in [-0.2, 0) is 15.7 Å². The Morgan fingerprint density at radius 2 is 1.78 bits per heavy atom. The maximum Gasteiger partial charge on any atom is 0.416 e. The topological polar surface area (TPSA) is 111 Å². The van der Waals surface area contributed by atoms with Gasteiger partial charge in [0.1, 0.15) is 0 Å². The number of hydrogen-bond donors (Lipinski definition) is 1. The molecule has 0 fully saturated rings. The number of nitrogens with zero attached hydrogens (tertiary/aromatic N) is 4. The van der Waals surface area contributed by atoms with Crippen molar-refractivity contribution in [2.24, 2.45) is 5.10 Å². The van der Waals surface area contributed by atoms with E-state index >= 15 is 0 Å². The molecular formula is C21H16F3N5O3. The zero-order chi connectivity index (χ0) is 23.1. The molecule has 0 unspecified atom stereocenters. The number of carbonyl (C=O) groups excluding carboxylic acids is 2. The van der Waals surface area contributed by atoms with E-state index in [0.29, 0.717) is 5.56 Å². The molecule has 0 spiro atoms. The van der Waals surface area contributed by atoms with E-state index < -0.39 is 30.2 Å². The molecule has 164 valence electrons. The van der Waals surface area contributed by atoms with Crippen LogP contribution in [0.3, 0.4) is 0 Å². The van der Waals surface area contributed by atoms with E-state index in [-0.39, 0.29) is 17.2 Å². The molecule has 8 nitrogen and oxygen atoms in total. The number of alkyl halides is 3. The lowest BCUT2D eigenvalue weighted by molar-refractivity contribution is -0.137. The molecule has 0 saturated heterocycles. The molecule has 2 N–H and O–H groups in total. The van der Waals surface area contributed by atoms with Crippen LogP contribution in [0.5, 0.6) is 0 Å². The summed E-state index contributed by atoms with van der Waals surface area (Å²) in [4.78, 5) is 32.3. The van der Waals surface area contributed by atoms with Crippen molar-refractivity contribution in [3.05, 3.63) is 83.8 Å². The van der Waals surface area contributed by atoms with Crippen LogP contribution in [0.1, 0.15) is 21.6 Å². The molecule has 2 aromatic carbocycles. The van der Waals surface area contributed by atoms with Crippen LogP contribution in [0.4, 0.5) is 24.7 Å². The summed E-state index contributed by atoms with van der Waals surface area (Å²) in [6.07, 6.45) is -0.844. The highest BCUT2D eigenvalue weighted by atomic mass is 19.4. The summed E-state index contributed by atoms with van der Waals surface area (Å²) >= 11 is 0. The zero-order valence-corrected chi connectivity index (χ0v) is 16.4. The number of nitrogen functional groups attached to an aromatic ring is 1. The van der Waals surface area contributed by atoms with Gasteiger partial charge < -0.3 is 10.5 Å². The number of carbonyl (C=O) groups is 2. The van der Waals surface area contributed by atoms with Crippen molar-refractivity contribution >= 4 is 29.6 Å². The third kappa shape index (κ3) is 5.65. The van der Waals surface area contributed by atoms with Crippen LogP contribution >= 0.6 is 0 Å². The number of amides is 1. The van der Waals surface area contributed by atoms with Gasteiger partial charge in [0.05, 0.1) is 17.5 Å². The van der Waals surface area contributed by atoms with E-state index in [9.17, 15) is 22.8 Å². The van der Waals surface area contributed by atoms with Crippen LogP contribution in [-0.4, -0.2) is 34.7 Å². The van der Waals surface area contributed by atoms with Crippen molar-refractivity contribution < 1.29 is 27.5 Å². The second-order valence-electron chi connectivity index (χ2n) is 6.28. The Morgan fingerprint density at radius 1 is 1.06 bits per heavy atom. The fourth-order valence-electron chi connectivity index (χ4n) is 2.52. The van der Waals surface area contributed by atoms with Crippen LogP contribution in [0, 0.1) is 0 Å². The van der Waals surface area contributed by atoms with Crippen molar-refractivity contribution in [3.8, 4) is 0 Å². The average Bonchev–Trinajstić information content (AvgIpc) is 2.78. The number of ether oxygens (including phenoxy) is 1. The molecule has 0 aliphatic heterocycles. The monoisotopic (exact) mass is 443 g/mol. The number of aromatic nitrogens is 2. The first kappa shape index (κ1) is 22.4. The highest BCUT2D eigenvalue weighted by molar-refractivity contribution is 5.98. The molecule has 0 aliphatic carbocycles. The fraction of sp³-hybridized carbons (Fsp3) is 0.0952. The molecule has 32 heavy (non-hydrogen) atoms. The Morgan fingerprint density at radius 3 is 2.47 bits per heavy atom. The molecule has 1 heterocycles. The average molecular weight is 443 g/mol. The number of hydrogen-bond acceptors (Lipinski definition) is 7. The molecule has 1 amide bonds. The molecule has 3 aromatic rings. The SMILES string of the molecule is Nc1nccnc1C(=O)OCC(=O)N(/N=C/c1ccccc1)c1cccc(C(F)(F)F)c1. The maximum atomic E-state index is 13.1. The fourth-order valence-corrected chi connectivity index (χ4v) is 2.52. The minimum atomic E-state index is -4.62. The van der Waals surface area contributed by atoms with E-state index in [0.717, 1.165) is 23.2 Å². The largest absolute Gasteiger partial charge is 0.451 e. The highest BCUT2D eigenvalue weighted by Crippen LogP contribution is 2.31. The minimum absolute atomic E-state index is 0.160. The van der Waals surface area contributed by atoms with Crippen LogP contribution in [0.15, 0.2) is 72.1 Å². The first-order valence-corrected chi connectivity index (χ1v) is 9.08. The first-order valence-electron chi connectivity index (χ1n) is 9.08. The lowest BCUT2D eigenvalue weighted by atomic mass is 10.2. The zero-order valence-electron chi connectivity index (χ0n) is 16.4.